The van der Waals surface area contributed by atoms with E-state index < -0.39 is 0 Å². The van der Waals surface area contributed by atoms with Crippen LogP contribution in [0.2, 0.25) is 0 Å². The van der Waals surface area contributed by atoms with Gasteiger partial charge in [0.2, 0.25) is 0 Å². The Morgan fingerprint density at radius 2 is 0.756 bits per heavy atom. The van der Waals surface area contributed by atoms with Gasteiger partial charge in [-0.05, 0) is 85.9 Å². The Morgan fingerprint density at radius 3 is 1.49 bits per heavy atom. The minimum Gasteiger partial charge on any atom is -0.310 e. The second-order valence-electron chi connectivity index (χ2n) is 11.4. The number of fused-ring (bicyclic) bond motifs is 2. The highest BCUT2D eigenvalue weighted by Crippen LogP contribution is 2.41. The topological polar surface area (TPSA) is 3.24 Å². The molecule has 8 aromatic rings. The van der Waals surface area contributed by atoms with Gasteiger partial charge in [0.15, 0.2) is 0 Å². The largest absolute Gasteiger partial charge is 0.310 e. The fraction of sp³-hybridized carbons (Fsp3) is 0. The van der Waals surface area contributed by atoms with E-state index in [1.807, 2.05) is 0 Å². The molecular weight excluding hydrogens is 542 g/mol. The molecule has 1 heteroatoms. The maximum atomic E-state index is 2.40. The number of nitrogens with zero attached hydrogens (tertiary/aromatic N) is 1. The molecule has 0 aromatic heterocycles. The average Bonchev–Trinajstić information content (AvgIpc) is 3.12. The Labute approximate surface area is 264 Å². The van der Waals surface area contributed by atoms with Gasteiger partial charge in [-0.15, -0.1) is 0 Å². The first kappa shape index (κ1) is 26.7. The highest BCUT2D eigenvalue weighted by Gasteiger charge is 2.17. The number of hydrogen-bond acceptors (Lipinski definition) is 1. The van der Waals surface area contributed by atoms with Crippen molar-refractivity contribution in [3.8, 4) is 33.4 Å². The van der Waals surface area contributed by atoms with Gasteiger partial charge in [0.05, 0.1) is 5.69 Å². The summed E-state index contributed by atoms with van der Waals surface area (Å²) in [6.45, 7) is 0. The molecule has 0 aliphatic heterocycles. The Morgan fingerprint density at radius 1 is 0.289 bits per heavy atom. The average molecular weight is 574 g/mol. The Kier molecular flexibility index (Phi) is 6.90. The second-order valence-corrected chi connectivity index (χ2v) is 11.4. The predicted molar refractivity (Wildman–Crippen MR) is 192 cm³/mol. The standard InChI is InChI=1S/C44H31N/c1-2-13-32(14-3-1)36-20-9-23-39(30-36)45(44-28-12-18-34-16-5-7-26-43(34)44)40-24-10-21-37(31-40)35-19-8-22-38(29-35)42-27-11-17-33-15-4-6-25-41(33)42/h1-31H. The van der Waals surface area contributed by atoms with Gasteiger partial charge in [0, 0.05) is 16.8 Å². The lowest BCUT2D eigenvalue weighted by Gasteiger charge is -2.28. The molecule has 0 unspecified atom stereocenters. The molecule has 0 heterocycles. The molecule has 45 heavy (non-hydrogen) atoms. The fourth-order valence-electron chi connectivity index (χ4n) is 6.45. The van der Waals surface area contributed by atoms with E-state index in [4.69, 9.17) is 0 Å². The van der Waals surface area contributed by atoms with Gasteiger partial charge in [0.25, 0.3) is 0 Å². The monoisotopic (exact) mass is 573 g/mol. The van der Waals surface area contributed by atoms with Crippen molar-refractivity contribution < 1.29 is 0 Å². The summed E-state index contributed by atoms with van der Waals surface area (Å²) in [5.74, 6) is 0. The molecule has 0 saturated heterocycles. The van der Waals surface area contributed by atoms with Crippen LogP contribution >= 0.6 is 0 Å². The summed E-state index contributed by atoms with van der Waals surface area (Å²) in [6.07, 6.45) is 0. The molecule has 0 amide bonds. The lowest BCUT2D eigenvalue weighted by Crippen LogP contribution is -2.10. The van der Waals surface area contributed by atoms with Gasteiger partial charge in [-0.2, -0.15) is 0 Å². The van der Waals surface area contributed by atoms with E-state index in [9.17, 15) is 0 Å². The Balaban J connectivity index is 1.28. The quantitative estimate of drug-likeness (QED) is 0.191. The van der Waals surface area contributed by atoms with Crippen molar-refractivity contribution in [2.45, 2.75) is 0 Å². The molecule has 0 aliphatic carbocycles. The third-order valence-corrected chi connectivity index (χ3v) is 8.62. The third-order valence-electron chi connectivity index (χ3n) is 8.62. The van der Waals surface area contributed by atoms with E-state index in [2.05, 4.69) is 193 Å². The zero-order valence-corrected chi connectivity index (χ0v) is 24.8. The summed E-state index contributed by atoms with van der Waals surface area (Å²) >= 11 is 0. The molecule has 0 fully saturated rings. The molecule has 0 aliphatic rings. The number of hydrogen-bond donors (Lipinski definition) is 0. The van der Waals surface area contributed by atoms with Crippen LogP contribution in [0.1, 0.15) is 0 Å². The third kappa shape index (κ3) is 5.15. The fourth-order valence-corrected chi connectivity index (χ4v) is 6.45. The van der Waals surface area contributed by atoms with Crippen LogP contribution in [0.5, 0.6) is 0 Å². The molecule has 0 bridgehead atoms. The van der Waals surface area contributed by atoms with Crippen LogP contribution < -0.4 is 4.90 Å². The number of rotatable bonds is 6. The molecule has 1 nitrogen and oxygen atoms in total. The van der Waals surface area contributed by atoms with E-state index in [-0.39, 0.29) is 0 Å². The van der Waals surface area contributed by atoms with E-state index in [0.717, 1.165) is 17.1 Å². The Hall–Kier alpha value is -5.92. The van der Waals surface area contributed by atoms with Crippen molar-refractivity contribution in [3.63, 3.8) is 0 Å². The van der Waals surface area contributed by atoms with Crippen molar-refractivity contribution in [2.75, 3.05) is 4.90 Å². The first-order valence-corrected chi connectivity index (χ1v) is 15.4. The van der Waals surface area contributed by atoms with Crippen LogP contribution in [-0.4, -0.2) is 0 Å². The van der Waals surface area contributed by atoms with E-state index in [1.54, 1.807) is 0 Å². The van der Waals surface area contributed by atoms with E-state index in [1.165, 1.54) is 54.9 Å². The molecule has 0 N–H and O–H groups in total. The normalized spacial score (nSPS) is 11.1. The van der Waals surface area contributed by atoms with Gasteiger partial charge in [0.1, 0.15) is 0 Å². The van der Waals surface area contributed by atoms with Gasteiger partial charge in [-0.25, -0.2) is 0 Å². The molecule has 0 atom stereocenters. The summed E-state index contributed by atoms with van der Waals surface area (Å²) in [4.78, 5) is 2.40. The van der Waals surface area contributed by atoms with Gasteiger partial charge in [-0.1, -0.05) is 152 Å². The molecule has 212 valence electrons. The van der Waals surface area contributed by atoms with Crippen LogP contribution in [0.3, 0.4) is 0 Å². The molecule has 8 rings (SSSR count). The van der Waals surface area contributed by atoms with Gasteiger partial charge < -0.3 is 4.90 Å². The second kappa shape index (κ2) is 11.6. The van der Waals surface area contributed by atoms with E-state index in [0.29, 0.717) is 0 Å². The first-order chi connectivity index (χ1) is 22.3. The van der Waals surface area contributed by atoms with Crippen molar-refractivity contribution >= 4 is 38.6 Å². The molecular formula is C44H31N. The van der Waals surface area contributed by atoms with Crippen molar-refractivity contribution in [2.24, 2.45) is 0 Å². The number of benzene rings is 8. The lowest BCUT2D eigenvalue weighted by molar-refractivity contribution is 1.30. The summed E-state index contributed by atoms with van der Waals surface area (Å²) in [7, 11) is 0. The lowest BCUT2D eigenvalue weighted by atomic mass is 9.95. The van der Waals surface area contributed by atoms with Crippen molar-refractivity contribution in [1.82, 2.24) is 0 Å². The van der Waals surface area contributed by atoms with Crippen LogP contribution in [-0.2, 0) is 0 Å². The minimum atomic E-state index is 1.12. The van der Waals surface area contributed by atoms with E-state index >= 15 is 0 Å². The number of anilines is 3. The zero-order chi connectivity index (χ0) is 30.0. The van der Waals surface area contributed by atoms with Crippen LogP contribution in [0.25, 0.3) is 54.9 Å². The SMILES string of the molecule is c1ccc(-c2cccc(N(c3cccc(-c4cccc(-c5cccc6ccccc56)c4)c3)c3cccc4ccccc34)c2)cc1. The van der Waals surface area contributed by atoms with Crippen LogP contribution in [0.4, 0.5) is 17.1 Å². The maximum absolute atomic E-state index is 2.40. The maximum Gasteiger partial charge on any atom is 0.0540 e. The highest BCUT2D eigenvalue weighted by atomic mass is 15.1. The molecule has 0 saturated carbocycles. The molecule has 8 aromatic carbocycles. The smallest absolute Gasteiger partial charge is 0.0540 e. The van der Waals surface area contributed by atoms with Crippen LogP contribution in [0.15, 0.2) is 188 Å². The Bertz CT molecular complexity index is 2270. The van der Waals surface area contributed by atoms with Crippen molar-refractivity contribution in [3.05, 3.63) is 188 Å². The predicted octanol–water partition coefficient (Wildman–Crippen LogP) is 12.5. The summed E-state index contributed by atoms with van der Waals surface area (Å²) in [5.41, 5.74) is 10.6. The summed E-state index contributed by atoms with van der Waals surface area (Å²) in [6, 6.07) is 67.7. The first-order valence-electron chi connectivity index (χ1n) is 15.4. The highest BCUT2D eigenvalue weighted by molar-refractivity contribution is 6.00. The van der Waals surface area contributed by atoms with Crippen LogP contribution in [0, 0.1) is 0 Å². The zero-order valence-electron chi connectivity index (χ0n) is 24.8. The summed E-state index contributed by atoms with van der Waals surface area (Å²) in [5, 5.41) is 4.96. The molecule has 0 radical (unpaired) electrons. The van der Waals surface area contributed by atoms with Crippen molar-refractivity contribution in [1.29, 1.82) is 0 Å². The van der Waals surface area contributed by atoms with Gasteiger partial charge >= 0.3 is 0 Å². The summed E-state index contributed by atoms with van der Waals surface area (Å²) < 4.78 is 0. The molecule has 0 spiro atoms. The minimum absolute atomic E-state index is 1.12. The van der Waals surface area contributed by atoms with Gasteiger partial charge in [-0.3, -0.25) is 0 Å².